The number of aromatic nitrogens is 1. The lowest BCUT2D eigenvalue weighted by Crippen LogP contribution is -2.53. The quantitative estimate of drug-likeness (QED) is 0.369. The topological polar surface area (TPSA) is 80.0 Å². The first-order valence-corrected chi connectivity index (χ1v) is 17.7. The molecule has 8 nitrogen and oxygen atoms in total. The fourth-order valence-electron chi connectivity index (χ4n) is 8.25. The summed E-state index contributed by atoms with van der Waals surface area (Å²) in [4.78, 5) is 53.8. The molecule has 1 N–H and O–H groups in total. The van der Waals surface area contributed by atoms with Gasteiger partial charge in [-0.2, -0.15) is 0 Å². The molecule has 0 aliphatic carbocycles. The Labute approximate surface area is 270 Å². The maximum atomic E-state index is 14.0. The van der Waals surface area contributed by atoms with Crippen molar-refractivity contribution < 1.29 is 14.4 Å². The van der Waals surface area contributed by atoms with Crippen LogP contribution in [0.4, 0.5) is 0 Å². The minimum Gasteiger partial charge on any atom is -0.346 e. The van der Waals surface area contributed by atoms with E-state index in [4.69, 9.17) is 0 Å². The van der Waals surface area contributed by atoms with E-state index in [2.05, 4.69) is 66.7 Å². The molecule has 1 aromatic carbocycles. The molecule has 0 atom stereocenters. The number of H-pyrrole nitrogens is 1. The normalized spacial score (nSPS) is 22.4. The number of nitrogens with zero attached hydrogens (tertiary/aromatic N) is 4. The number of carbonyl (C=O) groups is 3. The van der Waals surface area contributed by atoms with Gasteiger partial charge in [0, 0.05) is 55.1 Å². The third kappa shape index (κ3) is 5.71. The molecule has 240 valence electrons. The lowest BCUT2D eigenvalue weighted by atomic mass is 9.88. The predicted molar refractivity (Wildman–Crippen MR) is 180 cm³/mol. The zero-order chi connectivity index (χ0) is 31.5. The van der Waals surface area contributed by atoms with Gasteiger partial charge in [-0.3, -0.25) is 19.3 Å². The van der Waals surface area contributed by atoms with E-state index in [-0.39, 0.29) is 24.3 Å². The van der Waals surface area contributed by atoms with Gasteiger partial charge < -0.3 is 19.7 Å². The number of amides is 3. The van der Waals surface area contributed by atoms with E-state index < -0.39 is 5.41 Å². The van der Waals surface area contributed by atoms with Crippen molar-refractivity contribution in [2.75, 3.05) is 45.8 Å². The summed E-state index contributed by atoms with van der Waals surface area (Å²) in [5.74, 6) is 0.387. The molecule has 9 heteroatoms. The molecule has 0 unspecified atom stereocenters. The van der Waals surface area contributed by atoms with Gasteiger partial charge in [0.2, 0.25) is 17.7 Å². The third-order valence-electron chi connectivity index (χ3n) is 10.8. The number of carbonyl (C=O) groups excluding carboxylic acids is 3. The first-order chi connectivity index (χ1) is 21.6. The fraction of sp³-hybridized carbons (Fsp3) is 0.583. The maximum absolute atomic E-state index is 14.0. The molecule has 0 saturated carbocycles. The Balaban J connectivity index is 1.12. The van der Waals surface area contributed by atoms with Crippen molar-refractivity contribution in [3.05, 3.63) is 45.8 Å². The number of rotatable bonds is 8. The Hall–Kier alpha value is -3.17. The van der Waals surface area contributed by atoms with E-state index in [0.717, 1.165) is 86.5 Å². The third-order valence-corrected chi connectivity index (χ3v) is 12.2. The molecular formula is C36H47N5O3S. The molecule has 45 heavy (non-hydrogen) atoms. The van der Waals surface area contributed by atoms with E-state index >= 15 is 0 Å². The summed E-state index contributed by atoms with van der Waals surface area (Å²) in [5, 5.41) is 1.19. The smallest absolute Gasteiger partial charge is 0.242 e. The van der Waals surface area contributed by atoms with Crippen LogP contribution in [-0.4, -0.2) is 100 Å². The minimum atomic E-state index is -0.581. The highest BCUT2D eigenvalue weighted by Crippen LogP contribution is 2.44. The van der Waals surface area contributed by atoms with E-state index in [0.29, 0.717) is 25.2 Å². The van der Waals surface area contributed by atoms with Crippen molar-refractivity contribution in [1.82, 2.24) is 24.6 Å². The van der Waals surface area contributed by atoms with Gasteiger partial charge in [-0.1, -0.05) is 17.2 Å². The van der Waals surface area contributed by atoms with Crippen molar-refractivity contribution in [3.8, 4) is 11.3 Å². The molecule has 0 radical (unpaired) electrons. The summed E-state index contributed by atoms with van der Waals surface area (Å²) in [5.41, 5.74) is 5.44. The number of likely N-dealkylation sites (tertiary alicyclic amines) is 1. The van der Waals surface area contributed by atoms with Crippen LogP contribution in [0.2, 0.25) is 0 Å². The second-order valence-corrected chi connectivity index (χ2v) is 15.5. The first kappa shape index (κ1) is 30.5. The van der Waals surface area contributed by atoms with Gasteiger partial charge in [-0.15, -0.1) is 11.3 Å². The summed E-state index contributed by atoms with van der Waals surface area (Å²) in [6.45, 7) is 12.8. The van der Waals surface area contributed by atoms with Gasteiger partial charge in [-0.05, 0) is 102 Å². The van der Waals surface area contributed by atoms with E-state index in [9.17, 15) is 14.4 Å². The van der Waals surface area contributed by atoms with Crippen molar-refractivity contribution in [2.24, 2.45) is 0 Å². The zero-order valence-corrected chi connectivity index (χ0v) is 28.1. The molecule has 7 rings (SSSR count). The highest BCUT2D eigenvalue weighted by atomic mass is 32.1. The largest absolute Gasteiger partial charge is 0.346 e. The van der Waals surface area contributed by atoms with Crippen LogP contribution in [0.3, 0.4) is 0 Å². The molecule has 4 aliphatic heterocycles. The second-order valence-electron chi connectivity index (χ2n) is 14.4. The molecule has 3 aromatic rings. The Morgan fingerprint density at radius 2 is 1.60 bits per heavy atom. The van der Waals surface area contributed by atoms with Crippen molar-refractivity contribution >= 4 is 39.3 Å². The van der Waals surface area contributed by atoms with E-state index in [1.807, 2.05) is 4.90 Å². The molecule has 3 amide bonds. The minimum absolute atomic E-state index is 0.0384. The summed E-state index contributed by atoms with van der Waals surface area (Å²) in [6, 6.07) is 9.78. The number of nitrogens with one attached hydrogen (secondary N) is 1. The van der Waals surface area contributed by atoms with Crippen LogP contribution in [0.5, 0.6) is 0 Å². The van der Waals surface area contributed by atoms with Gasteiger partial charge in [-0.25, -0.2) is 0 Å². The fourth-order valence-corrected chi connectivity index (χ4v) is 9.44. The molecule has 4 aliphatic rings. The van der Waals surface area contributed by atoms with Crippen molar-refractivity contribution in [2.45, 2.75) is 90.1 Å². The van der Waals surface area contributed by atoms with Crippen molar-refractivity contribution in [1.29, 1.82) is 0 Å². The zero-order valence-electron chi connectivity index (χ0n) is 27.3. The Bertz CT molecular complexity index is 1590. The van der Waals surface area contributed by atoms with E-state index in [1.54, 1.807) is 16.2 Å². The summed E-state index contributed by atoms with van der Waals surface area (Å²) < 4.78 is 0. The SMILES string of the molecule is Cc1cc(C)cc(-c2[nH]c3sc(C(C)(C)C(=O)N4C5CCC4CC5)cc3c2CCN2CCN(CC(=O)N3CCCC3)C(=O)C2)c1. The van der Waals surface area contributed by atoms with Crippen molar-refractivity contribution in [3.63, 3.8) is 0 Å². The average molecular weight is 630 g/mol. The highest BCUT2D eigenvalue weighted by Gasteiger charge is 2.47. The van der Waals surface area contributed by atoms with Gasteiger partial charge >= 0.3 is 0 Å². The Morgan fingerprint density at radius 1 is 0.933 bits per heavy atom. The molecule has 2 aromatic heterocycles. The average Bonchev–Trinajstić information content (AvgIpc) is 3.83. The van der Waals surface area contributed by atoms with Gasteiger partial charge in [0.1, 0.15) is 4.83 Å². The van der Waals surface area contributed by atoms with E-state index in [1.165, 1.54) is 27.6 Å². The van der Waals surface area contributed by atoms with Gasteiger partial charge in [0.15, 0.2) is 0 Å². The lowest BCUT2D eigenvalue weighted by molar-refractivity contribution is -0.143. The van der Waals surface area contributed by atoms with Crippen LogP contribution in [0.25, 0.3) is 21.5 Å². The van der Waals surface area contributed by atoms with Crippen LogP contribution >= 0.6 is 11.3 Å². The van der Waals surface area contributed by atoms with Gasteiger partial charge in [0.05, 0.1) is 24.2 Å². The summed E-state index contributed by atoms with van der Waals surface area (Å²) >= 11 is 1.72. The Morgan fingerprint density at radius 3 is 2.24 bits per heavy atom. The number of thiophene rings is 1. The highest BCUT2D eigenvalue weighted by molar-refractivity contribution is 7.19. The van der Waals surface area contributed by atoms with Crippen LogP contribution < -0.4 is 0 Å². The number of hydrogen-bond acceptors (Lipinski definition) is 5. The number of benzene rings is 1. The van der Waals surface area contributed by atoms with Crippen LogP contribution in [0, 0.1) is 13.8 Å². The van der Waals surface area contributed by atoms with Crippen LogP contribution in [-0.2, 0) is 26.2 Å². The molecular weight excluding hydrogens is 582 g/mol. The molecule has 4 saturated heterocycles. The number of aryl methyl sites for hydroxylation is 2. The molecule has 6 heterocycles. The number of hydrogen-bond donors (Lipinski definition) is 1. The van der Waals surface area contributed by atoms with Gasteiger partial charge in [0.25, 0.3) is 0 Å². The standard InChI is InChI=1S/C36H47N5O3S/c1-23-17-24(2)19-25(18-23)33-28(11-14-38-15-16-40(31(42)21-38)22-32(43)39-12-5-6-13-39)29-20-30(45-34(29)37-33)36(3,4)35(44)41-26-7-8-27(41)10-9-26/h17-20,26-27,37H,5-16,21-22H2,1-4H3. The van der Waals surface area contributed by atoms with Crippen LogP contribution in [0.15, 0.2) is 24.3 Å². The maximum Gasteiger partial charge on any atom is 0.242 e. The van der Waals surface area contributed by atoms with Crippen LogP contribution in [0.1, 0.15) is 73.9 Å². The molecule has 2 bridgehead atoms. The molecule has 4 fully saturated rings. The lowest BCUT2D eigenvalue weighted by Gasteiger charge is -2.34. The first-order valence-electron chi connectivity index (χ1n) is 16.9. The summed E-state index contributed by atoms with van der Waals surface area (Å²) in [6.07, 6.45) is 7.49. The number of aromatic amines is 1. The monoisotopic (exact) mass is 629 g/mol. The predicted octanol–water partition coefficient (Wildman–Crippen LogP) is 5.25. The number of piperazine rings is 1. The Kier molecular flexibility index (Phi) is 8.05. The summed E-state index contributed by atoms with van der Waals surface area (Å²) in [7, 11) is 0. The molecule has 0 spiro atoms. The number of fused-ring (bicyclic) bond motifs is 3. The second kappa shape index (κ2) is 11.9.